The number of rotatable bonds is 5. The zero-order chi connectivity index (χ0) is 14.5. The number of nitrogens with zero attached hydrogens (tertiary/aromatic N) is 1. The predicted molar refractivity (Wildman–Crippen MR) is 89.2 cm³/mol. The molecular weight excluding hydrogens is 256 g/mol. The Bertz CT molecular complexity index is 573. The molecule has 21 heavy (non-hydrogen) atoms. The van der Waals surface area contributed by atoms with Crippen molar-refractivity contribution >= 4 is 10.9 Å². The topological polar surface area (TPSA) is 24.9 Å². The van der Waals surface area contributed by atoms with E-state index in [0.717, 1.165) is 30.4 Å². The van der Waals surface area contributed by atoms with Gasteiger partial charge >= 0.3 is 0 Å². The van der Waals surface area contributed by atoms with Gasteiger partial charge in [-0.05, 0) is 42.9 Å². The molecule has 0 amide bonds. The Hall–Kier alpha value is -1.41. The number of benzene rings is 1. The first-order chi connectivity index (χ1) is 10.3. The maximum atomic E-state index is 4.52. The number of pyridine rings is 1. The molecule has 2 heteroatoms. The lowest BCUT2D eigenvalue weighted by Gasteiger charge is -2.26. The van der Waals surface area contributed by atoms with E-state index >= 15 is 0 Å². The minimum atomic E-state index is 0.927. The van der Waals surface area contributed by atoms with Gasteiger partial charge in [-0.2, -0.15) is 0 Å². The molecule has 1 aromatic carbocycles. The Morgan fingerprint density at radius 2 is 2.10 bits per heavy atom. The third-order valence-corrected chi connectivity index (χ3v) is 4.81. The Morgan fingerprint density at radius 1 is 1.19 bits per heavy atom. The minimum Gasteiger partial charge on any atom is -0.313 e. The summed E-state index contributed by atoms with van der Waals surface area (Å²) in [4.78, 5) is 4.52. The van der Waals surface area contributed by atoms with Gasteiger partial charge < -0.3 is 5.32 Å². The van der Waals surface area contributed by atoms with Gasteiger partial charge in [-0.15, -0.1) is 0 Å². The zero-order valence-corrected chi connectivity index (χ0v) is 13.0. The standard InChI is InChI=1S/C19H26N2/c1-15-5-2-6-16(13-15)10-12-20-14-18-8-3-7-17-9-4-11-21-19(17)18/h3-4,7-9,11,15-16,20H,2,5-6,10,12-14H2,1H3. The van der Waals surface area contributed by atoms with E-state index in [0.29, 0.717) is 0 Å². The van der Waals surface area contributed by atoms with Crippen LogP contribution in [0.2, 0.25) is 0 Å². The highest BCUT2D eigenvalue weighted by Gasteiger charge is 2.18. The smallest absolute Gasteiger partial charge is 0.0746 e. The van der Waals surface area contributed by atoms with Gasteiger partial charge in [-0.1, -0.05) is 50.5 Å². The van der Waals surface area contributed by atoms with Gasteiger partial charge in [-0.25, -0.2) is 0 Å². The van der Waals surface area contributed by atoms with Crippen molar-refractivity contribution in [2.75, 3.05) is 6.54 Å². The van der Waals surface area contributed by atoms with Crippen molar-refractivity contribution in [3.8, 4) is 0 Å². The lowest BCUT2D eigenvalue weighted by atomic mass is 9.81. The number of aromatic nitrogens is 1. The molecule has 2 nitrogen and oxygen atoms in total. The van der Waals surface area contributed by atoms with Crippen molar-refractivity contribution < 1.29 is 0 Å². The molecule has 0 saturated heterocycles. The monoisotopic (exact) mass is 282 g/mol. The van der Waals surface area contributed by atoms with E-state index in [1.54, 1.807) is 0 Å². The van der Waals surface area contributed by atoms with Gasteiger partial charge in [0.15, 0.2) is 0 Å². The summed E-state index contributed by atoms with van der Waals surface area (Å²) in [7, 11) is 0. The van der Waals surface area contributed by atoms with E-state index < -0.39 is 0 Å². The lowest BCUT2D eigenvalue weighted by molar-refractivity contribution is 0.267. The van der Waals surface area contributed by atoms with Gasteiger partial charge in [0.25, 0.3) is 0 Å². The van der Waals surface area contributed by atoms with Crippen LogP contribution in [-0.4, -0.2) is 11.5 Å². The van der Waals surface area contributed by atoms with Crippen molar-refractivity contribution in [1.29, 1.82) is 0 Å². The van der Waals surface area contributed by atoms with Crippen LogP contribution in [0.3, 0.4) is 0 Å². The van der Waals surface area contributed by atoms with Crippen LogP contribution in [0.1, 0.15) is 44.6 Å². The summed E-state index contributed by atoms with van der Waals surface area (Å²) in [5.41, 5.74) is 2.45. The molecule has 1 heterocycles. The first-order valence-corrected chi connectivity index (χ1v) is 8.36. The summed E-state index contributed by atoms with van der Waals surface area (Å²) in [6.07, 6.45) is 8.93. The van der Waals surface area contributed by atoms with Crippen molar-refractivity contribution in [2.24, 2.45) is 11.8 Å². The van der Waals surface area contributed by atoms with Gasteiger partial charge in [0.2, 0.25) is 0 Å². The number of hydrogen-bond acceptors (Lipinski definition) is 2. The molecule has 2 aromatic rings. The van der Waals surface area contributed by atoms with E-state index in [4.69, 9.17) is 0 Å². The summed E-state index contributed by atoms with van der Waals surface area (Å²) < 4.78 is 0. The van der Waals surface area contributed by atoms with Crippen molar-refractivity contribution in [3.05, 3.63) is 42.1 Å². The Morgan fingerprint density at radius 3 is 3.00 bits per heavy atom. The summed E-state index contributed by atoms with van der Waals surface area (Å²) in [5.74, 6) is 1.87. The van der Waals surface area contributed by atoms with E-state index in [2.05, 4.69) is 41.5 Å². The molecule has 112 valence electrons. The molecule has 1 aromatic heterocycles. The van der Waals surface area contributed by atoms with Gasteiger partial charge in [0, 0.05) is 18.1 Å². The highest BCUT2D eigenvalue weighted by Crippen LogP contribution is 2.30. The molecule has 1 aliphatic rings. The number of para-hydroxylation sites is 1. The number of fused-ring (bicyclic) bond motifs is 1. The van der Waals surface area contributed by atoms with Crippen LogP contribution in [0.5, 0.6) is 0 Å². The van der Waals surface area contributed by atoms with Crippen LogP contribution in [0, 0.1) is 11.8 Å². The predicted octanol–water partition coefficient (Wildman–Crippen LogP) is 4.54. The third-order valence-electron chi connectivity index (χ3n) is 4.81. The molecule has 0 aliphatic heterocycles. The second-order valence-electron chi connectivity index (χ2n) is 6.60. The van der Waals surface area contributed by atoms with Crippen LogP contribution in [0.15, 0.2) is 36.5 Å². The molecule has 0 bridgehead atoms. The molecular formula is C19H26N2. The Kier molecular flexibility index (Phi) is 4.87. The third kappa shape index (κ3) is 3.82. The number of hydrogen-bond donors (Lipinski definition) is 1. The molecule has 1 N–H and O–H groups in total. The summed E-state index contributed by atoms with van der Waals surface area (Å²) in [6.45, 7) is 4.46. The van der Waals surface area contributed by atoms with Gasteiger partial charge in [0.1, 0.15) is 0 Å². The molecule has 1 aliphatic carbocycles. The average molecular weight is 282 g/mol. The molecule has 1 saturated carbocycles. The quantitative estimate of drug-likeness (QED) is 0.814. The van der Waals surface area contributed by atoms with E-state index in [9.17, 15) is 0 Å². The zero-order valence-electron chi connectivity index (χ0n) is 13.0. The Balaban J connectivity index is 1.50. The normalized spacial score (nSPS) is 22.5. The Labute approximate surface area is 128 Å². The van der Waals surface area contributed by atoms with E-state index in [1.165, 1.54) is 43.1 Å². The fourth-order valence-electron chi connectivity index (χ4n) is 3.66. The van der Waals surface area contributed by atoms with E-state index in [-0.39, 0.29) is 0 Å². The highest BCUT2D eigenvalue weighted by molar-refractivity contribution is 5.81. The molecule has 0 spiro atoms. The number of nitrogens with one attached hydrogen (secondary N) is 1. The fourth-order valence-corrected chi connectivity index (χ4v) is 3.66. The molecule has 0 radical (unpaired) electrons. The van der Waals surface area contributed by atoms with Gasteiger partial charge in [0.05, 0.1) is 5.52 Å². The molecule has 2 unspecified atom stereocenters. The van der Waals surface area contributed by atoms with Crippen molar-refractivity contribution in [3.63, 3.8) is 0 Å². The lowest BCUT2D eigenvalue weighted by Crippen LogP contribution is -2.21. The highest BCUT2D eigenvalue weighted by atomic mass is 14.9. The SMILES string of the molecule is CC1CCCC(CCNCc2cccc3cccnc23)C1. The maximum absolute atomic E-state index is 4.52. The van der Waals surface area contributed by atoms with Crippen LogP contribution in [-0.2, 0) is 6.54 Å². The molecule has 3 rings (SSSR count). The second-order valence-corrected chi connectivity index (χ2v) is 6.60. The first kappa shape index (κ1) is 14.5. The summed E-state index contributed by atoms with van der Waals surface area (Å²) >= 11 is 0. The summed E-state index contributed by atoms with van der Waals surface area (Å²) in [6, 6.07) is 10.6. The van der Waals surface area contributed by atoms with Crippen LogP contribution < -0.4 is 5.32 Å². The average Bonchev–Trinajstić information content (AvgIpc) is 2.52. The fraction of sp³-hybridized carbons (Fsp3) is 0.526. The molecule has 2 atom stereocenters. The van der Waals surface area contributed by atoms with Crippen LogP contribution in [0.4, 0.5) is 0 Å². The van der Waals surface area contributed by atoms with E-state index in [1.807, 2.05) is 12.3 Å². The van der Waals surface area contributed by atoms with Crippen molar-refractivity contribution in [2.45, 2.75) is 45.6 Å². The van der Waals surface area contributed by atoms with Crippen LogP contribution in [0.25, 0.3) is 10.9 Å². The second kappa shape index (κ2) is 7.04. The van der Waals surface area contributed by atoms with Crippen molar-refractivity contribution in [1.82, 2.24) is 10.3 Å². The molecule has 1 fully saturated rings. The first-order valence-electron chi connectivity index (χ1n) is 8.36. The minimum absolute atomic E-state index is 0.927. The summed E-state index contributed by atoms with van der Waals surface area (Å²) in [5, 5.41) is 4.85. The van der Waals surface area contributed by atoms with Crippen LogP contribution >= 0.6 is 0 Å². The largest absolute Gasteiger partial charge is 0.313 e. The van der Waals surface area contributed by atoms with Gasteiger partial charge in [-0.3, -0.25) is 4.98 Å². The maximum Gasteiger partial charge on any atom is 0.0746 e.